The summed E-state index contributed by atoms with van der Waals surface area (Å²) in [6, 6.07) is 13.8. The van der Waals surface area contributed by atoms with Gasteiger partial charge >= 0.3 is 0 Å². The fraction of sp³-hybridized carbons (Fsp3) is 0.375. The van der Waals surface area contributed by atoms with Gasteiger partial charge in [0.25, 0.3) is 11.8 Å². The molecule has 0 unspecified atom stereocenters. The van der Waals surface area contributed by atoms with Crippen LogP contribution in [-0.4, -0.2) is 51.9 Å². The van der Waals surface area contributed by atoms with Crippen molar-refractivity contribution in [2.45, 2.75) is 38.1 Å². The molecule has 11 heteroatoms. The van der Waals surface area contributed by atoms with Crippen LogP contribution in [0.15, 0.2) is 58.1 Å². The minimum Gasteiger partial charge on any atom is -0.484 e. The molecule has 0 atom stereocenters. The molecule has 35 heavy (non-hydrogen) atoms. The van der Waals surface area contributed by atoms with Crippen molar-refractivity contribution in [3.05, 3.63) is 58.6 Å². The third-order valence-electron chi connectivity index (χ3n) is 5.43. The zero-order chi connectivity index (χ0) is 25.3. The van der Waals surface area contributed by atoms with Crippen molar-refractivity contribution >= 4 is 49.7 Å². The van der Waals surface area contributed by atoms with Gasteiger partial charge in [-0.05, 0) is 70.7 Å². The molecule has 1 fully saturated rings. The van der Waals surface area contributed by atoms with Crippen molar-refractivity contribution in [1.29, 1.82) is 0 Å². The normalized spacial score (nSPS) is 14.5. The van der Waals surface area contributed by atoms with Crippen LogP contribution in [0.2, 0.25) is 0 Å². The molecular formula is C24H29BrN4O5S. The Morgan fingerprint density at radius 1 is 1.09 bits per heavy atom. The summed E-state index contributed by atoms with van der Waals surface area (Å²) in [5.74, 6) is -0.176. The Kier molecular flexibility index (Phi) is 9.67. The number of ether oxygens (including phenoxy) is 1. The first kappa shape index (κ1) is 26.7. The second-order valence-corrected chi connectivity index (χ2v) is 11.0. The van der Waals surface area contributed by atoms with E-state index in [-0.39, 0.29) is 18.6 Å². The van der Waals surface area contributed by atoms with Gasteiger partial charge in [-0.25, -0.2) is 13.8 Å². The highest BCUT2D eigenvalue weighted by Crippen LogP contribution is 2.27. The Balaban J connectivity index is 1.47. The number of halogens is 1. The van der Waals surface area contributed by atoms with E-state index in [1.165, 1.54) is 12.6 Å². The van der Waals surface area contributed by atoms with E-state index in [9.17, 15) is 18.0 Å². The summed E-state index contributed by atoms with van der Waals surface area (Å²) in [7, 11) is -3.69. The van der Waals surface area contributed by atoms with Gasteiger partial charge in [-0.2, -0.15) is 5.10 Å². The Hall–Kier alpha value is -2.92. The predicted octanol–water partition coefficient (Wildman–Crippen LogP) is 3.19. The molecule has 0 aromatic heterocycles. The summed E-state index contributed by atoms with van der Waals surface area (Å²) in [5, 5.41) is 6.91. The minimum absolute atomic E-state index is 0.0473. The highest BCUT2D eigenvalue weighted by Gasteiger charge is 2.22. The zero-order valence-electron chi connectivity index (χ0n) is 19.4. The number of carbonyl (C=O) groups excluding carboxylic acids is 2. The first-order chi connectivity index (χ1) is 16.7. The molecule has 2 N–H and O–H groups in total. The maximum absolute atomic E-state index is 12.3. The van der Waals surface area contributed by atoms with E-state index in [1.807, 2.05) is 0 Å². The zero-order valence-corrected chi connectivity index (χ0v) is 21.8. The number of amides is 2. The second-order valence-electron chi connectivity index (χ2n) is 8.27. The maximum Gasteiger partial charge on any atom is 0.260 e. The number of rotatable bonds is 10. The Morgan fingerprint density at radius 2 is 1.77 bits per heavy atom. The average Bonchev–Trinajstić information content (AvgIpc) is 2.82. The van der Waals surface area contributed by atoms with Crippen LogP contribution in [-0.2, 0) is 19.6 Å². The first-order valence-corrected chi connectivity index (χ1v) is 13.9. The van der Waals surface area contributed by atoms with E-state index < -0.39 is 22.5 Å². The summed E-state index contributed by atoms with van der Waals surface area (Å²) >= 11 is 3.31. The molecule has 1 aliphatic rings. The Labute approximate surface area is 214 Å². The smallest absolute Gasteiger partial charge is 0.260 e. The van der Waals surface area contributed by atoms with Crippen LogP contribution in [0.5, 0.6) is 5.75 Å². The number of hydrazone groups is 1. The molecule has 2 aromatic carbocycles. The fourth-order valence-electron chi connectivity index (χ4n) is 3.69. The summed E-state index contributed by atoms with van der Waals surface area (Å²) in [4.78, 5) is 24.4. The number of nitrogens with one attached hydrogen (secondary N) is 2. The van der Waals surface area contributed by atoms with Crippen molar-refractivity contribution in [1.82, 2.24) is 10.7 Å². The van der Waals surface area contributed by atoms with E-state index in [0.29, 0.717) is 21.5 Å². The van der Waals surface area contributed by atoms with Crippen molar-refractivity contribution in [2.75, 3.05) is 23.7 Å². The number of benzene rings is 2. The first-order valence-electron chi connectivity index (χ1n) is 11.3. The van der Waals surface area contributed by atoms with Crippen molar-refractivity contribution in [2.24, 2.45) is 5.10 Å². The Morgan fingerprint density at radius 3 is 2.43 bits per heavy atom. The number of carbonyl (C=O) groups is 2. The molecule has 2 aromatic rings. The molecule has 0 radical (unpaired) electrons. The molecule has 0 aliphatic heterocycles. The minimum atomic E-state index is -3.69. The van der Waals surface area contributed by atoms with Crippen LogP contribution in [0.1, 0.15) is 37.7 Å². The van der Waals surface area contributed by atoms with Gasteiger partial charge in [-0.15, -0.1) is 0 Å². The quantitative estimate of drug-likeness (QED) is 0.339. The molecule has 0 bridgehead atoms. The van der Waals surface area contributed by atoms with Crippen LogP contribution in [0, 0.1) is 0 Å². The molecule has 1 aliphatic carbocycles. The van der Waals surface area contributed by atoms with Gasteiger partial charge in [-0.1, -0.05) is 31.4 Å². The summed E-state index contributed by atoms with van der Waals surface area (Å²) < 4.78 is 31.5. The van der Waals surface area contributed by atoms with Crippen LogP contribution in [0.25, 0.3) is 0 Å². The Bertz CT molecular complexity index is 1150. The van der Waals surface area contributed by atoms with Gasteiger partial charge in [0, 0.05) is 10.5 Å². The van der Waals surface area contributed by atoms with Gasteiger partial charge in [0.15, 0.2) is 6.61 Å². The number of anilines is 1. The molecule has 0 saturated heterocycles. The maximum atomic E-state index is 12.3. The van der Waals surface area contributed by atoms with E-state index in [2.05, 4.69) is 31.8 Å². The van der Waals surface area contributed by atoms with Gasteiger partial charge in [0.2, 0.25) is 10.0 Å². The standard InChI is InChI=1S/C24H29BrN4O5S/c1-35(32,33)29(22-10-6-5-9-21(22)25)16-23(30)28-26-15-18-11-13-20(14-12-18)34-17-24(31)27-19-7-3-2-4-8-19/h5-6,9-15,19H,2-4,7-8,16-17H2,1H3,(H,27,31)(H,28,30)/b26-15-. The average molecular weight is 565 g/mol. The third-order valence-corrected chi connectivity index (χ3v) is 7.23. The SMILES string of the molecule is CS(=O)(=O)N(CC(=O)N/N=C\c1ccc(OCC(=O)NC2CCCCC2)cc1)c1ccccc1Br. The van der Waals surface area contributed by atoms with Crippen molar-refractivity contribution in [3.63, 3.8) is 0 Å². The van der Waals surface area contributed by atoms with E-state index in [1.54, 1.807) is 48.5 Å². The van der Waals surface area contributed by atoms with Crippen LogP contribution in [0.4, 0.5) is 5.69 Å². The lowest BCUT2D eigenvalue weighted by molar-refractivity contribution is -0.124. The highest BCUT2D eigenvalue weighted by atomic mass is 79.9. The number of sulfonamides is 1. The fourth-order valence-corrected chi connectivity index (χ4v) is 5.18. The lowest BCUT2D eigenvalue weighted by Gasteiger charge is -2.22. The van der Waals surface area contributed by atoms with Gasteiger partial charge < -0.3 is 10.1 Å². The summed E-state index contributed by atoms with van der Waals surface area (Å²) in [5.41, 5.74) is 3.39. The van der Waals surface area contributed by atoms with Crippen molar-refractivity contribution < 1.29 is 22.7 Å². The molecule has 2 amide bonds. The topological polar surface area (TPSA) is 117 Å². The number of hydrogen-bond acceptors (Lipinski definition) is 6. The molecule has 9 nitrogen and oxygen atoms in total. The van der Waals surface area contributed by atoms with E-state index >= 15 is 0 Å². The molecule has 0 spiro atoms. The van der Waals surface area contributed by atoms with Crippen LogP contribution >= 0.6 is 15.9 Å². The second kappa shape index (κ2) is 12.7. The largest absolute Gasteiger partial charge is 0.484 e. The lowest BCUT2D eigenvalue weighted by Crippen LogP contribution is -2.39. The molecule has 0 heterocycles. The van der Waals surface area contributed by atoms with Gasteiger partial charge in [0.1, 0.15) is 12.3 Å². The van der Waals surface area contributed by atoms with E-state index in [4.69, 9.17) is 4.74 Å². The summed E-state index contributed by atoms with van der Waals surface area (Å²) in [6.45, 7) is -0.469. The third kappa shape index (κ3) is 8.66. The number of nitrogens with zero attached hydrogens (tertiary/aromatic N) is 2. The van der Waals surface area contributed by atoms with E-state index in [0.717, 1.165) is 36.2 Å². The molecule has 188 valence electrons. The monoisotopic (exact) mass is 564 g/mol. The summed E-state index contributed by atoms with van der Waals surface area (Å²) in [6.07, 6.45) is 8.03. The molecule has 3 rings (SSSR count). The van der Waals surface area contributed by atoms with Gasteiger partial charge in [-0.3, -0.25) is 13.9 Å². The number of para-hydroxylation sites is 1. The molecule has 1 saturated carbocycles. The van der Waals surface area contributed by atoms with Gasteiger partial charge in [0.05, 0.1) is 18.2 Å². The lowest BCUT2D eigenvalue weighted by atomic mass is 9.95. The molecular weight excluding hydrogens is 536 g/mol. The van der Waals surface area contributed by atoms with Crippen LogP contribution < -0.4 is 19.8 Å². The van der Waals surface area contributed by atoms with Crippen LogP contribution in [0.3, 0.4) is 0 Å². The highest BCUT2D eigenvalue weighted by molar-refractivity contribution is 9.10. The predicted molar refractivity (Wildman–Crippen MR) is 139 cm³/mol. The number of hydrogen-bond donors (Lipinski definition) is 2. The van der Waals surface area contributed by atoms with Crippen molar-refractivity contribution in [3.8, 4) is 5.75 Å².